The fourth-order valence-electron chi connectivity index (χ4n) is 3.15. The third-order valence-electron chi connectivity index (χ3n) is 4.80. The number of sulfonamides is 1. The van der Waals surface area contributed by atoms with Crippen LogP contribution in [-0.2, 0) is 21.4 Å². The molecule has 0 fully saturated rings. The van der Waals surface area contributed by atoms with Crippen molar-refractivity contribution in [1.82, 2.24) is 5.43 Å². The van der Waals surface area contributed by atoms with Crippen LogP contribution in [0.1, 0.15) is 16.7 Å². The summed E-state index contributed by atoms with van der Waals surface area (Å²) < 4.78 is 36.7. The predicted molar refractivity (Wildman–Crippen MR) is 133 cm³/mol. The van der Waals surface area contributed by atoms with Crippen LogP contribution in [0.4, 0.5) is 5.69 Å². The largest absolute Gasteiger partial charge is 0.493 e. The lowest BCUT2D eigenvalue weighted by atomic mass is 10.2. The van der Waals surface area contributed by atoms with Gasteiger partial charge in [0.1, 0.15) is 13.2 Å². The Labute approximate surface area is 199 Å². The van der Waals surface area contributed by atoms with E-state index < -0.39 is 22.5 Å². The molecule has 0 aliphatic carbocycles. The van der Waals surface area contributed by atoms with Crippen LogP contribution in [0.3, 0.4) is 0 Å². The standard InChI is InChI=1S/C25H27N3O5S/c1-19-8-7-11-22(14-19)28(34(3,30)31)17-25(29)27-26-16-21-12-13-23(24(15-21)32-2)33-18-20-9-5-4-6-10-20/h4-16H,17-18H2,1-3H3,(H,27,29)/b26-16-. The first-order valence-corrected chi connectivity index (χ1v) is 12.3. The van der Waals surface area contributed by atoms with Crippen molar-refractivity contribution in [2.45, 2.75) is 13.5 Å². The van der Waals surface area contributed by atoms with E-state index in [0.29, 0.717) is 29.4 Å². The predicted octanol–water partition coefficient (Wildman–Crippen LogP) is 3.50. The van der Waals surface area contributed by atoms with Crippen molar-refractivity contribution >= 4 is 27.8 Å². The molecule has 3 aromatic rings. The summed E-state index contributed by atoms with van der Waals surface area (Å²) in [7, 11) is -2.12. The lowest BCUT2D eigenvalue weighted by Gasteiger charge is -2.21. The number of ether oxygens (including phenoxy) is 2. The summed E-state index contributed by atoms with van der Waals surface area (Å²) in [6.07, 6.45) is 2.50. The Morgan fingerprint density at radius 1 is 1.03 bits per heavy atom. The normalized spacial score (nSPS) is 11.3. The van der Waals surface area contributed by atoms with Gasteiger partial charge in [0.15, 0.2) is 11.5 Å². The zero-order valence-corrected chi connectivity index (χ0v) is 20.1. The number of rotatable bonds is 10. The summed E-state index contributed by atoms with van der Waals surface area (Å²) in [5.74, 6) is 0.529. The number of nitrogens with zero attached hydrogens (tertiary/aromatic N) is 2. The van der Waals surface area contributed by atoms with Crippen molar-refractivity contribution in [3.05, 3.63) is 89.5 Å². The minimum atomic E-state index is -3.66. The molecule has 3 aromatic carbocycles. The quantitative estimate of drug-likeness (QED) is 0.353. The molecule has 1 amide bonds. The number of amides is 1. The maximum absolute atomic E-state index is 12.4. The summed E-state index contributed by atoms with van der Waals surface area (Å²) >= 11 is 0. The molecule has 0 atom stereocenters. The molecule has 3 rings (SSSR count). The van der Waals surface area contributed by atoms with Gasteiger partial charge in [0.05, 0.1) is 25.3 Å². The molecule has 9 heteroatoms. The highest BCUT2D eigenvalue weighted by atomic mass is 32.2. The molecule has 1 N–H and O–H groups in total. The Hall–Kier alpha value is -3.85. The zero-order valence-electron chi connectivity index (χ0n) is 19.3. The van der Waals surface area contributed by atoms with Crippen LogP contribution in [0.2, 0.25) is 0 Å². The van der Waals surface area contributed by atoms with Crippen LogP contribution in [0.25, 0.3) is 0 Å². The zero-order chi connectivity index (χ0) is 24.6. The summed E-state index contributed by atoms with van der Waals surface area (Å²) in [4.78, 5) is 12.4. The van der Waals surface area contributed by atoms with E-state index in [2.05, 4.69) is 10.5 Å². The fraction of sp³-hybridized carbons (Fsp3) is 0.200. The monoisotopic (exact) mass is 481 g/mol. The Kier molecular flexibility index (Phi) is 8.26. The Morgan fingerprint density at radius 3 is 2.47 bits per heavy atom. The molecule has 34 heavy (non-hydrogen) atoms. The second kappa shape index (κ2) is 11.3. The summed E-state index contributed by atoms with van der Waals surface area (Å²) in [5, 5.41) is 3.94. The molecule has 0 saturated carbocycles. The molecular weight excluding hydrogens is 454 g/mol. The Balaban J connectivity index is 1.62. The SMILES string of the molecule is COc1cc(/C=N\NC(=O)CN(c2cccc(C)c2)S(C)(=O)=O)ccc1OCc1ccccc1. The van der Waals surface area contributed by atoms with Gasteiger partial charge in [-0.05, 0) is 53.9 Å². The lowest BCUT2D eigenvalue weighted by Crippen LogP contribution is -2.39. The molecule has 178 valence electrons. The first-order valence-electron chi connectivity index (χ1n) is 10.5. The molecule has 0 unspecified atom stereocenters. The van der Waals surface area contributed by atoms with E-state index in [4.69, 9.17) is 9.47 Å². The number of hydrazone groups is 1. The van der Waals surface area contributed by atoms with Crippen molar-refractivity contribution in [2.24, 2.45) is 5.10 Å². The highest BCUT2D eigenvalue weighted by Crippen LogP contribution is 2.28. The summed E-state index contributed by atoms with van der Waals surface area (Å²) in [6.45, 7) is 1.86. The average molecular weight is 482 g/mol. The van der Waals surface area contributed by atoms with Crippen LogP contribution in [-0.4, -0.2) is 40.4 Å². The van der Waals surface area contributed by atoms with Gasteiger partial charge in [-0.15, -0.1) is 0 Å². The van der Waals surface area contributed by atoms with Crippen molar-refractivity contribution in [2.75, 3.05) is 24.2 Å². The van der Waals surface area contributed by atoms with Gasteiger partial charge >= 0.3 is 0 Å². The Morgan fingerprint density at radius 2 is 1.79 bits per heavy atom. The molecule has 8 nitrogen and oxygen atoms in total. The van der Waals surface area contributed by atoms with Gasteiger partial charge in [0.2, 0.25) is 10.0 Å². The summed E-state index contributed by atoms with van der Waals surface area (Å²) in [6, 6.07) is 22.0. The number of hydrogen-bond donors (Lipinski definition) is 1. The summed E-state index contributed by atoms with van der Waals surface area (Å²) in [5.41, 5.74) is 5.37. The van der Waals surface area contributed by atoms with Gasteiger partial charge in [-0.2, -0.15) is 5.10 Å². The number of carbonyl (C=O) groups is 1. The molecule has 0 spiro atoms. The maximum atomic E-state index is 12.4. The van der Waals surface area contributed by atoms with Gasteiger partial charge in [0.25, 0.3) is 5.91 Å². The minimum absolute atomic E-state index is 0.394. The number of anilines is 1. The highest BCUT2D eigenvalue weighted by Gasteiger charge is 2.20. The lowest BCUT2D eigenvalue weighted by molar-refractivity contribution is -0.119. The smallest absolute Gasteiger partial charge is 0.260 e. The van der Waals surface area contributed by atoms with Crippen molar-refractivity contribution in [1.29, 1.82) is 0 Å². The van der Waals surface area contributed by atoms with Crippen molar-refractivity contribution < 1.29 is 22.7 Å². The molecule has 0 aliphatic heterocycles. The van der Waals surface area contributed by atoms with Crippen LogP contribution in [0, 0.1) is 6.92 Å². The van der Waals surface area contributed by atoms with E-state index >= 15 is 0 Å². The van der Waals surface area contributed by atoms with E-state index in [1.54, 1.807) is 43.5 Å². The number of nitrogens with one attached hydrogen (secondary N) is 1. The Bertz CT molecular complexity index is 1260. The van der Waals surface area contributed by atoms with Gasteiger partial charge < -0.3 is 9.47 Å². The highest BCUT2D eigenvalue weighted by molar-refractivity contribution is 7.92. The molecule has 0 aromatic heterocycles. The molecule has 0 saturated heterocycles. The van der Waals surface area contributed by atoms with Crippen LogP contribution in [0.15, 0.2) is 77.9 Å². The van der Waals surface area contributed by atoms with E-state index in [1.807, 2.05) is 43.3 Å². The first kappa shape index (κ1) is 24.8. The minimum Gasteiger partial charge on any atom is -0.493 e. The molecule has 0 bridgehead atoms. The first-order chi connectivity index (χ1) is 16.3. The third-order valence-corrected chi connectivity index (χ3v) is 5.95. The van der Waals surface area contributed by atoms with Gasteiger partial charge in [0, 0.05) is 0 Å². The molecule has 0 heterocycles. The van der Waals surface area contributed by atoms with Crippen molar-refractivity contribution in [3.8, 4) is 11.5 Å². The second-order valence-electron chi connectivity index (χ2n) is 7.59. The van der Waals surface area contributed by atoms with E-state index in [9.17, 15) is 13.2 Å². The van der Waals surface area contributed by atoms with Crippen LogP contribution in [0.5, 0.6) is 11.5 Å². The molecular formula is C25H27N3O5S. The van der Waals surface area contributed by atoms with Crippen LogP contribution < -0.4 is 19.2 Å². The number of methoxy groups -OCH3 is 1. The van der Waals surface area contributed by atoms with E-state index in [0.717, 1.165) is 21.7 Å². The maximum Gasteiger partial charge on any atom is 0.260 e. The number of aryl methyl sites for hydroxylation is 1. The van der Waals surface area contributed by atoms with E-state index in [1.165, 1.54) is 6.21 Å². The van der Waals surface area contributed by atoms with Crippen molar-refractivity contribution in [3.63, 3.8) is 0 Å². The molecule has 0 aliphatic rings. The second-order valence-corrected chi connectivity index (χ2v) is 9.49. The van der Waals surface area contributed by atoms with Gasteiger partial charge in [-0.1, -0.05) is 42.5 Å². The number of carbonyl (C=O) groups excluding carboxylic acids is 1. The van der Waals surface area contributed by atoms with E-state index in [-0.39, 0.29) is 0 Å². The molecule has 0 radical (unpaired) electrons. The fourth-order valence-corrected chi connectivity index (χ4v) is 4.00. The average Bonchev–Trinajstić information content (AvgIpc) is 2.81. The van der Waals surface area contributed by atoms with Crippen LogP contribution >= 0.6 is 0 Å². The topological polar surface area (TPSA) is 97.3 Å². The third kappa shape index (κ3) is 7.08. The van der Waals surface area contributed by atoms with Gasteiger partial charge in [-0.3, -0.25) is 9.10 Å². The van der Waals surface area contributed by atoms with Gasteiger partial charge in [-0.25, -0.2) is 13.8 Å². The number of benzene rings is 3. The number of hydrogen-bond acceptors (Lipinski definition) is 6.